The largest absolute Gasteiger partial charge is 0.465 e. The van der Waals surface area contributed by atoms with Gasteiger partial charge in [-0.2, -0.15) is 0 Å². The molecule has 29 heavy (non-hydrogen) atoms. The van der Waals surface area contributed by atoms with E-state index in [2.05, 4.69) is 20.0 Å². The van der Waals surface area contributed by atoms with Crippen molar-refractivity contribution >= 4 is 52.0 Å². The normalized spacial score (nSPS) is 18.6. The van der Waals surface area contributed by atoms with Gasteiger partial charge in [0.15, 0.2) is 5.13 Å². The smallest absolute Gasteiger partial charge is 0.349 e. The Morgan fingerprint density at radius 2 is 2.00 bits per heavy atom. The van der Waals surface area contributed by atoms with E-state index in [9.17, 15) is 9.59 Å². The zero-order valence-electron chi connectivity index (χ0n) is 16.6. The Morgan fingerprint density at radius 3 is 2.48 bits per heavy atom. The summed E-state index contributed by atoms with van der Waals surface area (Å²) in [6.07, 6.45) is 2.89. The van der Waals surface area contributed by atoms with Gasteiger partial charge < -0.3 is 24.7 Å². The van der Waals surface area contributed by atoms with E-state index in [1.54, 1.807) is 7.11 Å². The predicted molar refractivity (Wildman–Crippen MR) is 114 cm³/mol. The first-order valence-electron chi connectivity index (χ1n) is 8.84. The van der Waals surface area contributed by atoms with E-state index >= 15 is 0 Å². The van der Waals surface area contributed by atoms with Crippen LogP contribution in [-0.4, -0.2) is 61.8 Å². The van der Waals surface area contributed by atoms with Gasteiger partial charge in [0.1, 0.15) is 4.88 Å². The van der Waals surface area contributed by atoms with Crippen LogP contribution in [0.3, 0.4) is 0 Å². The fourth-order valence-corrected chi connectivity index (χ4v) is 4.18. The molecule has 8 nitrogen and oxygen atoms in total. The van der Waals surface area contributed by atoms with E-state index in [-0.39, 0.29) is 18.1 Å². The molecule has 2 aromatic heterocycles. The number of aryl methyl sites for hydroxylation is 2. The first-order chi connectivity index (χ1) is 13.8. The molecule has 0 bridgehead atoms. The number of esters is 1. The van der Waals surface area contributed by atoms with Crippen LogP contribution >= 0.6 is 34.5 Å². The summed E-state index contributed by atoms with van der Waals surface area (Å²) in [6.45, 7) is 5.15. The van der Waals surface area contributed by atoms with E-state index < -0.39 is 0 Å². The Kier molecular flexibility index (Phi) is 8.76. The third-order valence-electron chi connectivity index (χ3n) is 4.52. The number of nitrogens with zero attached hydrogens (tertiary/aromatic N) is 2. The van der Waals surface area contributed by atoms with Crippen molar-refractivity contribution in [2.24, 2.45) is 0 Å². The molecule has 1 aliphatic heterocycles. The van der Waals surface area contributed by atoms with Crippen LogP contribution in [0.1, 0.15) is 27.5 Å². The van der Waals surface area contributed by atoms with E-state index in [1.165, 1.54) is 24.6 Å². The van der Waals surface area contributed by atoms with Crippen molar-refractivity contribution in [3.8, 4) is 0 Å². The number of halogens is 2. The van der Waals surface area contributed by atoms with Crippen LogP contribution in [0.4, 0.5) is 5.13 Å². The summed E-state index contributed by atoms with van der Waals surface area (Å²) in [5.41, 5.74) is 1.86. The number of anilines is 1. The van der Waals surface area contributed by atoms with Gasteiger partial charge in [-0.05, 0) is 20.3 Å². The SMILES string of the molecule is COC(=O)c1cnc(N2CCC(NC=O)C(OC)C2)s1.Cc1[nH]c(C)c(Cl)c1Cl. The van der Waals surface area contributed by atoms with Crippen LogP contribution < -0.4 is 10.2 Å². The van der Waals surface area contributed by atoms with Gasteiger partial charge in [0.2, 0.25) is 6.41 Å². The van der Waals surface area contributed by atoms with Gasteiger partial charge in [-0.25, -0.2) is 9.78 Å². The minimum Gasteiger partial charge on any atom is -0.465 e. The van der Waals surface area contributed by atoms with Gasteiger partial charge in [-0.15, -0.1) is 0 Å². The number of carbonyl (C=O) groups is 2. The molecule has 160 valence electrons. The summed E-state index contributed by atoms with van der Waals surface area (Å²) < 4.78 is 10.1. The summed E-state index contributed by atoms with van der Waals surface area (Å²) >= 11 is 12.8. The minimum atomic E-state index is -0.380. The third kappa shape index (κ3) is 5.85. The Balaban J connectivity index is 0.000000278. The molecule has 1 amide bonds. The number of methoxy groups -OCH3 is 2. The number of thiazole rings is 1. The molecule has 2 N–H and O–H groups in total. The number of carbonyl (C=O) groups excluding carboxylic acids is 2. The molecule has 3 heterocycles. The fourth-order valence-electron chi connectivity index (χ4n) is 2.93. The molecular formula is C18H24Cl2N4O4S. The standard InChI is InChI=1S/C12H17N3O4S.C6H7Cl2N/c1-18-9-6-15(4-3-8(9)14-7-16)12-13-5-10(20-12)11(17)19-2;1-3-5(7)6(8)4(2)9-3/h5,7-9H,3-4,6H2,1-2H3,(H,14,16);9H,1-2H3. The van der Waals surface area contributed by atoms with Gasteiger partial charge in [0, 0.05) is 31.6 Å². The number of aromatic nitrogens is 2. The van der Waals surface area contributed by atoms with Crippen LogP contribution in [0.5, 0.6) is 0 Å². The van der Waals surface area contributed by atoms with Gasteiger partial charge in [0.05, 0.1) is 35.5 Å². The van der Waals surface area contributed by atoms with E-state index in [0.29, 0.717) is 27.9 Å². The molecule has 11 heteroatoms. The zero-order valence-corrected chi connectivity index (χ0v) is 19.0. The highest BCUT2D eigenvalue weighted by Gasteiger charge is 2.30. The minimum absolute atomic E-state index is 0.00814. The highest BCUT2D eigenvalue weighted by Crippen LogP contribution is 2.28. The maximum atomic E-state index is 11.4. The quantitative estimate of drug-likeness (QED) is 0.522. The molecular weight excluding hydrogens is 439 g/mol. The number of ether oxygens (including phenoxy) is 2. The van der Waals surface area contributed by atoms with Crippen LogP contribution in [-0.2, 0) is 14.3 Å². The Bertz CT molecular complexity index is 819. The number of hydrogen-bond donors (Lipinski definition) is 2. The Hall–Kier alpha value is -1.81. The highest BCUT2D eigenvalue weighted by atomic mass is 35.5. The van der Waals surface area contributed by atoms with E-state index in [0.717, 1.165) is 29.5 Å². The lowest BCUT2D eigenvalue weighted by Crippen LogP contribution is -2.53. The summed E-state index contributed by atoms with van der Waals surface area (Å²) in [4.78, 5) is 31.8. The molecule has 0 aromatic carbocycles. The number of hydrogen-bond acceptors (Lipinski definition) is 7. The number of H-pyrrole nitrogens is 1. The second-order valence-corrected chi connectivity index (χ2v) is 8.17. The Labute approximate surface area is 183 Å². The van der Waals surface area contributed by atoms with Crippen LogP contribution in [0.25, 0.3) is 0 Å². The van der Waals surface area contributed by atoms with Gasteiger partial charge in [-0.1, -0.05) is 34.5 Å². The van der Waals surface area contributed by atoms with Gasteiger partial charge in [-0.3, -0.25) is 4.79 Å². The molecule has 0 saturated carbocycles. The number of rotatable bonds is 5. The summed E-state index contributed by atoms with van der Waals surface area (Å²) in [5, 5.41) is 4.79. The molecule has 0 aliphatic carbocycles. The molecule has 1 saturated heterocycles. The second-order valence-electron chi connectivity index (χ2n) is 6.40. The van der Waals surface area contributed by atoms with Crippen molar-refractivity contribution in [1.29, 1.82) is 0 Å². The van der Waals surface area contributed by atoms with Crippen molar-refractivity contribution in [3.05, 3.63) is 32.5 Å². The monoisotopic (exact) mass is 462 g/mol. The Morgan fingerprint density at radius 1 is 1.34 bits per heavy atom. The van der Waals surface area contributed by atoms with Crippen LogP contribution in [0, 0.1) is 13.8 Å². The van der Waals surface area contributed by atoms with Crippen LogP contribution in [0.2, 0.25) is 10.0 Å². The molecule has 1 fully saturated rings. The number of aromatic amines is 1. The zero-order chi connectivity index (χ0) is 21.6. The van der Waals surface area contributed by atoms with Crippen molar-refractivity contribution < 1.29 is 19.1 Å². The second kappa shape index (κ2) is 10.8. The lowest BCUT2D eigenvalue weighted by atomic mass is 10.0. The average molecular weight is 463 g/mol. The van der Waals surface area contributed by atoms with E-state index in [1.807, 2.05) is 18.7 Å². The molecule has 0 radical (unpaired) electrons. The fraction of sp³-hybridized carbons (Fsp3) is 0.500. The van der Waals surface area contributed by atoms with Gasteiger partial charge >= 0.3 is 5.97 Å². The molecule has 2 atom stereocenters. The lowest BCUT2D eigenvalue weighted by molar-refractivity contribution is -0.111. The first kappa shape index (κ1) is 23.5. The van der Waals surface area contributed by atoms with Crippen molar-refractivity contribution in [3.63, 3.8) is 0 Å². The van der Waals surface area contributed by atoms with Crippen LogP contribution in [0.15, 0.2) is 6.20 Å². The maximum Gasteiger partial charge on any atom is 0.349 e. The van der Waals surface area contributed by atoms with E-state index in [4.69, 9.17) is 27.9 Å². The lowest BCUT2D eigenvalue weighted by Gasteiger charge is -2.37. The van der Waals surface area contributed by atoms with Crippen molar-refractivity contribution in [1.82, 2.24) is 15.3 Å². The summed E-state index contributed by atoms with van der Waals surface area (Å²) in [6, 6.07) is 0.00814. The molecule has 1 aliphatic rings. The first-order valence-corrected chi connectivity index (χ1v) is 10.4. The summed E-state index contributed by atoms with van der Waals surface area (Å²) in [7, 11) is 2.97. The number of nitrogens with one attached hydrogen (secondary N) is 2. The van der Waals surface area contributed by atoms with Gasteiger partial charge in [0.25, 0.3) is 0 Å². The predicted octanol–water partition coefficient (Wildman–Crippen LogP) is 3.21. The highest BCUT2D eigenvalue weighted by molar-refractivity contribution is 7.17. The molecule has 2 aromatic rings. The van der Waals surface area contributed by atoms with Crippen molar-refractivity contribution in [2.45, 2.75) is 32.4 Å². The third-order valence-corrected chi connectivity index (χ3v) is 6.60. The maximum absolute atomic E-state index is 11.4. The molecule has 3 rings (SSSR count). The topological polar surface area (TPSA) is 96.6 Å². The van der Waals surface area contributed by atoms with Crippen molar-refractivity contribution in [2.75, 3.05) is 32.2 Å². The average Bonchev–Trinajstić information content (AvgIpc) is 3.30. The molecule has 2 unspecified atom stereocenters. The number of amides is 1. The number of piperidine rings is 1. The summed E-state index contributed by atoms with van der Waals surface area (Å²) in [5.74, 6) is -0.380. The molecule has 0 spiro atoms.